The summed E-state index contributed by atoms with van der Waals surface area (Å²) < 4.78 is 28.5. The number of carbonyl (C=O) groups is 2. The van der Waals surface area contributed by atoms with Crippen LogP contribution in [0.4, 0.5) is 8.78 Å². The topological polar surface area (TPSA) is 89.3 Å². The fourth-order valence-electron chi connectivity index (χ4n) is 2.89. The Morgan fingerprint density at radius 2 is 1.67 bits per heavy atom. The summed E-state index contributed by atoms with van der Waals surface area (Å²) in [5.74, 6) is -5.76. The molecule has 1 atom stereocenters. The number of Topliss-reactive ketones (excluding diaryl/α,β-unsaturated/α-hetero) is 1. The maximum atomic E-state index is 14.3. The number of benzene rings is 2. The molecule has 3 N–H and O–H groups in total. The van der Waals surface area contributed by atoms with Gasteiger partial charge in [0.05, 0.1) is 6.04 Å². The van der Waals surface area contributed by atoms with Gasteiger partial charge < -0.3 is 11.1 Å². The maximum Gasteiger partial charge on any atom is 0.383 e. The van der Waals surface area contributed by atoms with E-state index in [0.29, 0.717) is 17.5 Å². The van der Waals surface area contributed by atoms with Gasteiger partial charge in [0.1, 0.15) is 5.94 Å². The molecule has 2 aromatic rings. The number of amides is 1. The maximum absolute atomic E-state index is 14.3. The average Bonchev–Trinajstić information content (AvgIpc) is 2.76. The number of aryl methyl sites for hydroxylation is 1. The summed E-state index contributed by atoms with van der Waals surface area (Å²) >= 11 is 0. The molecule has 0 spiro atoms. The van der Waals surface area contributed by atoms with Crippen molar-refractivity contribution in [2.24, 2.45) is 5.73 Å². The van der Waals surface area contributed by atoms with Crippen LogP contribution >= 0.6 is 0 Å². The van der Waals surface area contributed by atoms with Crippen molar-refractivity contribution in [3.05, 3.63) is 77.4 Å². The smallest absolute Gasteiger partial charge is 0.346 e. The van der Waals surface area contributed by atoms with Gasteiger partial charge in [0.15, 0.2) is 0 Å². The molecule has 30 heavy (non-hydrogen) atoms. The zero-order valence-corrected chi connectivity index (χ0v) is 16.4. The number of carbonyl (C=O) groups excluding carboxylic acids is 3. The molecule has 0 aliphatic rings. The molecule has 0 aromatic heterocycles. The lowest BCUT2D eigenvalue weighted by molar-refractivity contribution is -0.159. The van der Waals surface area contributed by atoms with Crippen LogP contribution in [0.15, 0.2) is 60.7 Å². The molecule has 5 nitrogen and oxygen atoms in total. The predicted molar refractivity (Wildman–Crippen MR) is 110 cm³/mol. The van der Waals surface area contributed by atoms with Crippen LogP contribution in [0.25, 0.3) is 0 Å². The van der Waals surface area contributed by atoms with E-state index in [9.17, 15) is 23.2 Å². The van der Waals surface area contributed by atoms with Crippen LogP contribution in [0.2, 0.25) is 0 Å². The third-order valence-electron chi connectivity index (χ3n) is 4.60. The molecule has 0 aliphatic heterocycles. The standard InChI is InChI=1S/C23H24F2N2O3/c24-23(25,22(30)27-16-19-8-3-1-4-9-19)21(29)20(26)15-18-12-10-17(11-13-18)7-5-2-6-14-28/h1,3-4,6,8-13,20H,2,5,7,15-16,26H2,(H,27,30). The first-order chi connectivity index (χ1) is 14.3. The lowest BCUT2D eigenvalue weighted by Gasteiger charge is -2.19. The second-order valence-electron chi connectivity index (χ2n) is 6.95. The van der Waals surface area contributed by atoms with Crippen LogP contribution in [0, 0.1) is 0 Å². The molecule has 0 aliphatic carbocycles. The number of rotatable bonds is 11. The van der Waals surface area contributed by atoms with E-state index in [1.165, 1.54) is 6.08 Å². The molecule has 2 rings (SSSR count). The van der Waals surface area contributed by atoms with E-state index in [2.05, 4.69) is 5.32 Å². The Bertz CT molecular complexity index is 892. The predicted octanol–water partition coefficient (Wildman–Crippen LogP) is 2.79. The van der Waals surface area contributed by atoms with E-state index < -0.39 is 23.7 Å². The Kier molecular flexibility index (Phi) is 8.59. The minimum absolute atomic E-state index is 0.103. The fourth-order valence-corrected chi connectivity index (χ4v) is 2.89. The van der Waals surface area contributed by atoms with Gasteiger partial charge in [-0.05, 0) is 48.4 Å². The number of unbranched alkanes of at least 4 members (excludes halogenated alkanes) is 1. The van der Waals surface area contributed by atoms with Gasteiger partial charge in [-0.15, -0.1) is 0 Å². The van der Waals surface area contributed by atoms with Gasteiger partial charge in [0.25, 0.3) is 5.91 Å². The summed E-state index contributed by atoms with van der Waals surface area (Å²) in [6.07, 6.45) is 3.50. The van der Waals surface area contributed by atoms with E-state index in [1.807, 2.05) is 12.1 Å². The largest absolute Gasteiger partial charge is 0.383 e. The molecule has 0 heterocycles. The molecule has 0 bridgehead atoms. The van der Waals surface area contributed by atoms with Crippen molar-refractivity contribution in [2.45, 2.75) is 44.2 Å². The SMILES string of the molecule is NC(Cc1ccc(CCCC=C=O)cc1)C(=O)C(F)(F)C(=O)NCc1ccccc1. The second-order valence-corrected chi connectivity index (χ2v) is 6.95. The van der Waals surface area contributed by atoms with Crippen molar-refractivity contribution >= 4 is 17.6 Å². The Morgan fingerprint density at radius 1 is 1.03 bits per heavy atom. The molecule has 158 valence electrons. The van der Waals surface area contributed by atoms with E-state index in [0.717, 1.165) is 18.4 Å². The minimum Gasteiger partial charge on any atom is -0.346 e. The highest BCUT2D eigenvalue weighted by atomic mass is 19.3. The number of hydrogen-bond acceptors (Lipinski definition) is 4. The van der Waals surface area contributed by atoms with Gasteiger partial charge in [-0.25, -0.2) is 4.79 Å². The van der Waals surface area contributed by atoms with E-state index in [4.69, 9.17) is 5.73 Å². The van der Waals surface area contributed by atoms with Crippen molar-refractivity contribution < 1.29 is 23.2 Å². The normalized spacial score (nSPS) is 12.0. The van der Waals surface area contributed by atoms with Crippen molar-refractivity contribution in [3.63, 3.8) is 0 Å². The van der Waals surface area contributed by atoms with Gasteiger partial charge in [-0.3, -0.25) is 9.59 Å². The fraction of sp³-hybridized carbons (Fsp3) is 0.304. The highest BCUT2D eigenvalue weighted by molar-refractivity contribution is 6.09. The second kappa shape index (κ2) is 11.1. The summed E-state index contributed by atoms with van der Waals surface area (Å²) in [4.78, 5) is 34.1. The van der Waals surface area contributed by atoms with Crippen molar-refractivity contribution in [3.8, 4) is 0 Å². The number of allylic oxidation sites excluding steroid dienone is 1. The summed E-state index contributed by atoms with van der Waals surface area (Å²) in [6, 6.07) is 14.1. The number of nitrogens with two attached hydrogens (primary N) is 1. The van der Waals surface area contributed by atoms with Gasteiger partial charge in [-0.1, -0.05) is 54.6 Å². The molecule has 1 unspecified atom stereocenters. The Morgan fingerprint density at radius 3 is 2.30 bits per heavy atom. The summed E-state index contributed by atoms with van der Waals surface area (Å²) in [5, 5.41) is 2.08. The molecular weight excluding hydrogens is 390 g/mol. The monoisotopic (exact) mass is 414 g/mol. The van der Waals surface area contributed by atoms with Gasteiger partial charge in [0, 0.05) is 6.54 Å². The Labute approximate surface area is 174 Å². The number of hydrogen-bond donors (Lipinski definition) is 2. The molecule has 0 radical (unpaired) electrons. The highest BCUT2D eigenvalue weighted by Crippen LogP contribution is 2.19. The third kappa shape index (κ3) is 6.72. The quantitative estimate of drug-likeness (QED) is 0.336. The molecule has 0 saturated heterocycles. The van der Waals surface area contributed by atoms with Gasteiger partial charge in [0.2, 0.25) is 5.78 Å². The van der Waals surface area contributed by atoms with E-state index in [-0.39, 0.29) is 13.0 Å². The van der Waals surface area contributed by atoms with Crippen LogP contribution in [0.3, 0.4) is 0 Å². The number of alkyl halides is 2. The van der Waals surface area contributed by atoms with E-state index >= 15 is 0 Å². The number of halogens is 2. The number of ketones is 1. The highest BCUT2D eigenvalue weighted by Gasteiger charge is 2.49. The first-order valence-corrected chi connectivity index (χ1v) is 9.61. The summed E-state index contributed by atoms with van der Waals surface area (Å²) in [6.45, 7) is -0.109. The Balaban J connectivity index is 1.89. The first-order valence-electron chi connectivity index (χ1n) is 9.61. The van der Waals surface area contributed by atoms with Crippen molar-refractivity contribution in [1.29, 1.82) is 0 Å². The molecule has 7 heteroatoms. The van der Waals surface area contributed by atoms with Gasteiger partial charge in [-0.2, -0.15) is 8.78 Å². The van der Waals surface area contributed by atoms with Crippen LogP contribution < -0.4 is 11.1 Å². The third-order valence-corrected chi connectivity index (χ3v) is 4.60. The molecule has 0 fully saturated rings. The van der Waals surface area contributed by atoms with Crippen LogP contribution in [0.1, 0.15) is 29.5 Å². The van der Waals surface area contributed by atoms with Crippen LogP contribution in [-0.2, 0) is 33.8 Å². The Hall–Kier alpha value is -3.15. The van der Waals surface area contributed by atoms with Gasteiger partial charge >= 0.3 is 5.92 Å². The average molecular weight is 414 g/mol. The molecule has 2 aromatic carbocycles. The zero-order valence-electron chi connectivity index (χ0n) is 16.4. The first kappa shape index (κ1) is 23.1. The van der Waals surface area contributed by atoms with Crippen LogP contribution in [-0.4, -0.2) is 29.6 Å². The summed E-state index contributed by atoms with van der Waals surface area (Å²) in [7, 11) is 0. The van der Waals surface area contributed by atoms with Crippen molar-refractivity contribution in [1.82, 2.24) is 5.32 Å². The number of nitrogens with one attached hydrogen (secondary N) is 1. The van der Waals surface area contributed by atoms with E-state index in [1.54, 1.807) is 48.4 Å². The lowest BCUT2D eigenvalue weighted by Crippen LogP contribution is -2.52. The lowest BCUT2D eigenvalue weighted by atomic mass is 9.97. The van der Waals surface area contributed by atoms with Crippen LogP contribution in [0.5, 0.6) is 0 Å². The summed E-state index contributed by atoms with van der Waals surface area (Å²) in [5.41, 5.74) is 7.96. The molecular formula is C23H24F2N2O3. The molecule has 0 saturated carbocycles. The van der Waals surface area contributed by atoms with Crippen molar-refractivity contribution in [2.75, 3.05) is 0 Å². The minimum atomic E-state index is -4.21. The zero-order chi connectivity index (χ0) is 22.0. The molecule has 1 amide bonds.